The number of carbonyl (C=O) groups excluding carboxylic acids is 2. The third-order valence-corrected chi connectivity index (χ3v) is 9.28. The summed E-state index contributed by atoms with van der Waals surface area (Å²) >= 11 is 2.95. The quantitative estimate of drug-likeness (QED) is 0.230. The average Bonchev–Trinajstić information content (AvgIpc) is 3.28. The van der Waals surface area contributed by atoms with Crippen molar-refractivity contribution in [3.63, 3.8) is 0 Å². The molecule has 1 aliphatic carbocycles. The van der Waals surface area contributed by atoms with Gasteiger partial charge < -0.3 is 10.6 Å². The van der Waals surface area contributed by atoms with Gasteiger partial charge in [0.1, 0.15) is 16.3 Å². The molecule has 0 radical (unpaired) electrons. The Balaban J connectivity index is 1.37. The second-order valence-corrected chi connectivity index (χ2v) is 12.2. The van der Waals surface area contributed by atoms with Gasteiger partial charge in [-0.05, 0) is 73.6 Å². The molecule has 0 spiro atoms. The summed E-state index contributed by atoms with van der Waals surface area (Å²) < 4.78 is 0. The average molecular weight is 552 g/mol. The van der Waals surface area contributed by atoms with Crippen LogP contribution in [-0.4, -0.2) is 11.8 Å². The van der Waals surface area contributed by atoms with Gasteiger partial charge in [0.05, 0.1) is 5.56 Å². The topological polar surface area (TPSA) is 82.0 Å². The molecule has 0 aliphatic heterocycles. The highest BCUT2D eigenvalue weighted by Crippen LogP contribution is 2.42. The SMILES string of the molecule is Cc1ccc(C(=O)Nc2cccc(SC(C(=O)Nc3sc4c(c3C#N)CCC(C)C4)c3ccccc3)c2)cc1. The smallest absolute Gasteiger partial charge is 0.255 e. The number of amides is 2. The van der Waals surface area contributed by atoms with Gasteiger partial charge in [-0.15, -0.1) is 23.1 Å². The van der Waals surface area contributed by atoms with Crippen LogP contribution in [0.1, 0.15) is 56.1 Å². The number of rotatable bonds is 7. The molecule has 5 nitrogen and oxygen atoms in total. The Hall–Kier alpha value is -3.86. The lowest BCUT2D eigenvalue weighted by molar-refractivity contribution is -0.115. The predicted molar refractivity (Wildman–Crippen MR) is 159 cm³/mol. The van der Waals surface area contributed by atoms with Crippen molar-refractivity contribution in [3.8, 4) is 6.07 Å². The molecular weight excluding hydrogens is 523 g/mol. The Morgan fingerprint density at radius 1 is 1.03 bits per heavy atom. The normalized spacial score (nSPS) is 15.1. The molecule has 0 saturated heterocycles. The number of fused-ring (bicyclic) bond motifs is 1. The van der Waals surface area contributed by atoms with Gasteiger partial charge in [-0.25, -0.2) is 0 Å². The van der Waals surface area contributed by atoms with Crippen LogP contribution in [0.3, 0.4) is 0 Å². The molecule has 7 heteroatoms. The van der Waals surface area contributed by atoms with E-state index in [0.717, 1.165) is 40.8 Å². The van der Waals surface area contributed by atoms with Crippen LogP contribution in [-0.2, 0) is 17.6 Å². The van der Waals surface area contributed by atoms with Gasteiger partial charge in [-0.1, -0.05) is 61.0 Å². The van der Waals surface area contributed by atoms with Crippen LogP contribution >= 0.6 is 23.1 Å². The van der Waals surface area contributed by atoms with E-state index in [-0.39, 0.29) is 11.8 Å². The highest BCUT2D eigenvalue weighted by atomic mass is 32.2. The maximum absolute atomic E-state index is 13.7. The van der Waals surface area contributed by atoms with Crippen LogP contribution in [0.4, 0.5) is 10.7 Å². The number of thiophene rings is 1. The number of thioether (sulfide) groups is 1. The zero-order valence-corrected chi connectivity index (χ0v) is 23.5. The number of nitrogens with zero attached hydrogens (tertiary/aromatic N) is 1. The minimum absolute atomic E-state index is 0.177. The van der Waals surface area contributed by atoms with Crippen molar-refractivity contribution < 1.29 is 9.59 Å². The number of nitrogens with one attached hydrogen (secondary N) is 2. The largest absolute Gasteiger partial charge is 0.322 e. The number of hydrogen-bond acceptors (Lipinski definition) is 5. The number of anilines is 2. The van der Waals surface area contributed by atoms with Crippen LogP contribution in [0, 0.1) is 24.2 Å². The van der Waals surface area contributed by atoms with Crippen molar-refractivity contribution in [2.24, 2.45) is 5.92 Å². The fourth-order valence-corrected chi connectivity index (χ4v) is 7.17. The van der Waals surface area contributed by atoms with Gasteiger partial charge >= 0.3 is 0 Å². The van der Waals surface area contributed by atoms with Gasteiger partial charge in [0.15, 0.2) is 0 Å². The molecule has 2 N–H and O–H groups in total. The highest BCUT2D eigenvalue weighted by Gasteiger charge is 2.28. The minimum atomic E-state index is -0.543. The second-order valence-electron chi connectivity index (χ2n) is 9.91. The summed E-state index contributed by atoms with van der Waals surface area (Å²) in [6, 6.07) is 26.9. The van der Waals surface area contributed by atoms with E-state index in [2.05, 4.69) is 23.6 Å². The van der Waals surface area contributed by atoms with E-state index in [9.17, 15) is 14.9 Å². The highest BCUT2D eigenvalue weighted by molar-refractivity contribution is 8.00. The molecule has 5 rings (SSSR count). The predicted octanol–water partition coefficient (Wildman–Crippen LogP) is 7.78. The molecule has 1 heterocycles. The van der Waals surface area contributed by atoms with Crippen LogP contribution < -0.4 is 10.6 Å². The first-order chi connectivity index (χ1) is 18.9. The third-order valence-electron chi connectivity index (χ3n) is 6.86. The molecule has 4 aromatic rings. The number of benzene rings is 3. The molecule has 3 aromatic carbocycles. The zero-order valence-electron chi connectivity index (χ0n) is 21.9. The zero-order chi connectivity index (χ0) is 27.4. The fourth-order valence-electron chi connectivity index (χ4n) is 4.73. The summed E-state index contributed by atoms with van der Waals surface area (Å²) in [4.78, 5) is 28.5. The molecule has 2 amide bonds. The number of nitriles is 1. The van der Waals surface area contributed by atoms with Crippen molar-refractivity contribution in [1.29, 1.82) is 5.26 Å². The maximum atomic E-state index is 13.7. The van der Waals surface area contributed by atoms with Crippen LogP contribution in [0.25, 0.3) is 0 Å². The molecular formula is C32H29N3O2S2. The van der Waals surface area contributed by atoms with E-state index >= 15 is 0 Å². The Morgan fingerprint density at radius 3 is 2.54 bits per heavy atom. The summed E-state index contributed by atoms with van der Waals surface area (Å²) in [6.07, 6.45) is 2.89. The molecule has 0 bridgehead atoms. The van der Waals surface area contributed by atoms with Crippen LogP contribution in [0.2, 0.25) is 0 Å². The van der Waals surface area contributed by atoms with E-state index in [0.29, 0.717) is 27.7 Å². The van der Waals surface area contributed by atoms with Crippen molar-refractivity contribution in [1.82, 2.24) is 0 Å². The van der Waals surface area contributed by atoms with Gasteiger partial charge in [0.25, 0.3) is 5.91 Å². The molecule has 2 atom stereocenters. The molecule has 196 valence electrons. The summed E-state index contributed by atoms with van der Waals surface area (Å²) in [7, 11) is 0. The lowest BCUT2D eigenvalue weighted by Crippen LogP contribution is -2.19. The summed E-state index contributed by atoms with van der Waals surface area (Å²) in [5.74, 6) is 0.218. The lowest BCUT2D eigenvalue weighted by atomic mass is 9.88. The molecule has 39 heavy (non-hydrogen) atoms. The third kappa shape index (κ3) is 6.25. The molecule has 0 fully saturated rings. The van der Waals surface area contributed by atoms with Crippen molar-refractivity contribution in [2.45, 2.75) is 43.3 Å². The van der Waals surface area contributed by atoms with E-state index in [1.165, 1.54) is 28.0 Å². The van der Waals surface area contributed by atoms with E-state index in [4.69, 9.17) is 0 Å². The fraction of sp³-hybridized carbons (Fsp3) is 0.219. The first kappa shape index (κ1) is 26.7. The number of carbonyl (C=O) groups is 2. The number of aryl methyl sites for hydroxylation is 1. The standard InChI is InChI=1S/C32H29N3O2S2/c1-20-11-14-23(15-12-20)30(36)34-24-9-6-10-25(18-24)38-29(22-7-4-3-5-8-22)31(37)35-32-27(19-33)26-16-13-21(2)17-28(26)39-32/h3-12,14-15,18,21,29H,13,16-17H2,1-2H3,(H,34,36)(H,35,37). The summed E-state index contributed by atoms with van der Waals surface area (Å²) in [5.41, 5.74) is 4.90. The Morgan fingerprint density at radius 2 is 1.79 bits per heavy atom. The van der Waals surface area contributed by atoms with Gasteiger partial charge in [0.2, 0.25) is 5.91 Å². The summed E-state index contributed by atoms with van der Waals surface area (Å²) in [6.45, 7) is 4.21. The number of hydrogen-bond donors (Lipinski definition) is 2. The van der Waals surface area contributed by atoms with E-state index in [1.54, 1.807) is 12.1 Å². The van der Waals surface area contributed by atoms with Crippen LogP contribution in [0.5, 0.6) is 0 Å². The monoisotopic (exact) mass is 551 g/mol. The lowest BCUT2D eigenvalue weighted by Gasteiger charge is -2.17. The maximum Gasteiger partial charge on any atom is 0.255 e. The molecule has 2 unspecified atom stereocenters. The van der Waals surface area contributed by atoms with Gasteiger partial charge in [-0.2, -0.15) is 5.26 Å². The van der Waals surface area contributed by atoms with Crippen molar-refractivity contribution in [3.05, 3.63) is 112 Å². The van der Waals surface area contributed by atoms with Gasteiger partial charge in [-0.3, -0.25) is 9.59 Å². The van der Waals surface area contributed by atoms with Crippen LogP contribution in [0.15, 0.2) is 83.8 Å². The first-order valence-corrected chi connectivity index (χ1v) is 14.7. The molecule has 1 aromatic heterocycles. The van der Waals surface area contributed by atoms with Crippen molar-refractivity contribution >= 4 is 45.6 Å². The summed E-state index contributed by atoms with van der Waals surface area (Å²) in [5, 5.41) is 16.0. The molecule has 1 aliphatic rings. The van der Waals surface area contributed by atoms with E-state index in [1.807, 2.05) is 73.7 Å². The second kappa shape index (κ2) is 11.9. The van der Waals surface area contributed by atoms with E-state index < -0.39 is 5.25 Å². The van der Waals surface area contributed by atoms with Gasteiger partial charge in [0, 0.05) is 21.0 Å². The first-order valence-electron chi connectivity index (χ1n) is 13.0. The Labute approximate surface area is 237 Å². The van der Waals surface area contributed by atoms with Crippen molar-refractivity contribution in [2.75, 3.05) is 10.6 Å². The minimum Gasteiger partial charge on any atom is -0.322 e. The Kier molecular flexibility index (Phi) is 8.16. The Bertz CT molecular complexity index is 1540. The molecule has 0 saturated carbocycles.